The molecule has 3 aliphatic heterocycles. The second-order valence-electron chi connectivity index (χ2n) is 12.8. The van der Waals surface area contributed by atoms with Crippen molar-refractivity contribution in [3.63, 3.8) is 0 Å². The van der Waals surface area contributed by atoms with Crippen molar-refractivity contribution < 1.29 is 150 Å². The van der Waals surface area contributed by atoms with Crippen LogP contribution in [0.3, 0.4) is 0 Å². The Morgan fingerprint density at radius 1 is 1.12 bits per heavy atom. The van der Waals surface area contributed by atoms with Gasteiger partial charge in [-0.1, -0.05) is 19.1 Å². The van der Waals surface area contributed by atoms with Crippen molar-refractivity contribution in [1.82, 2.24) is 0 Å². The van der Waals surface area contributed by atoms with Gasteiger partial charge >= 0.3 is 94.6 Å². The Kier molecular flexibility index (Phi) is 18.6. The van der Waals surface area contributed by atoms with Gasteiger partial charge < -0.3 is 20.2 Å². The van der Waals surface area contributed by atoms with Gasteiger partial charge in [0.2, 0.25) is 11.1 Å². The van der Waals surface area contributed by atoms with Gasteiger partial charge in [-0.3, -0.25) is 10.1 Å². The van der Waals surface area contributed by atoms with Crippen molar-refractivity contribution >= 4 is 51.5 Å². The van der Waals surface area contributed by atoms with Crippen LogP contribution in [0.2, 0.25) is 0 Å². The van der Waals surface area contributed by atoms with Gasteiger partial charge in [0.15, 0.2) is 18.2 Å². The molecule has 20 heteroatoms. The van der Waals surface area contributed by atoms with Crippen molar-refractivity contribution in [2.45, 2.75) is 69.1 Å². The van der Waals surface area contributed by atoms with Gasteiger partial charge in [0.1, 0.15) is 18.6 Å². The molecule has 1 spiro atoms. The molecular formula is C32H35N3Na3O11S3+. The number of carbonyl (C=O) groups excluding carboxylic acids is 1. The van der Waals surface area contributed by atoms with Crippen LogP contribution in [0.1, 0.15) is 58.9 Å². The Hall–Kier alpha value is 0.140. The van der Waals surface area contributed by atoms with Gasteiger partial charge in [-0.15, -0.1) is 0 Å². The van der Waals surface area contributed by atoms with Crippen LogP contribution in [-0.4, -0.2) is 57.9 Å². The van der Waals surface area contributed by atoms with Crippen LogP contribution in [0.25, 0.3) is 0 Å². The SMILES string of the molecule is CC=C1CCC(C=CC2=[N+](CCCCS(=O)(=O)[O-])c3ccc(SOO[O-])cc3C2(C)C)=C1C1=C([O-])[N+]2(CC2SOO[O-])C(=O)C(C#N)C1C.[Na+].[Na+].[Na+]. The van der Waals surface area contributed by atoms with Crippen LogP contribution in [0.15, 0.2) is 69.5 Å². The van der Waals surface area contributed by atoms with E-state index in [1.165, 1.54) is 0 Å². The average Bonchev–Trinajstić information content (AvgIpc) is 3.59. The summed E-state index contributed by atoms with van der Waals surface area (Å²) in [5.41, 5.74) is 4.92. The normalized spacial score (nSPS) is 25.7. The predicted molar refractivity (Wildman–Crippen MR) is 169 cm³/mol. The summed E-state index contributed by atoms with van der Waals surface area (Å²) in [6.45, 7) is 8.13. The first kappa shape index (κ1) is 48.3. The van der Waals surface area contributed by atoms with Crippen molar-refractivity contribution in [2.75, 3.05) is 18.8 Å². The molecule has 4 aliphatic rings. The molecule has 1 amide bonds. The first-order chi connectivity index (χ1) is 23.3. The zero-order valence-corrected chi connectivity index (χ0v) is 38.7. The molecule has 1 aromatic carbocycles. The van der Waals surface area contributed by atoms with Crippen LogP contribution in [0, 0.1) is 23.2 Å². The monoisotopic (exact) mass is 802 g/mol. The molecule has 1 aromatic rings. The second-order valence-corrected chi connectivity index (χ2v) is 15.9. The van der Waals surface area contributed by atoms with E-state index in [-0.39, 0.29) is 102 Å². The van der Waals surface area contributed by atoms with Gasteiger partial charge in [0.25, 0.3) is 0 Å². The van der Waals surface area contributed by atoms with E-state index in [0.29, 0.717) is 53.9 Å². The number of fused-ring (bicyclic) bond motifs is 1. The number of hydrogen-bond donors (Lipinski definition) is 0. The van der Waals surface area contributed by atoms with Crippen LogP contribution < -0.4 is 104 Å². The molecule has 264 valence electrons. The minimum Gasteiger partial charge on any atom is -0.830 e. The number of quaternary nitrogens is 1. The molecule has 4 atom stereocenters. The Morgan fingerprint density at radius 2 is 1.81 bits per heavy atom. The average molecular weight is 803 g/mol. The van der Waals surface area contributed by atoms with Gasteiger partial charge in [0.05, 0.1) is 39.5 Å². The molecule has 14 nitrogen and oxygen atoms in total. The number of hydrogen-bond acceptors (Lipinski definition) is 14. The quantitative estimate of drug-likeness (QED) is 0.0197. The standard InChI is InChI=1S/C32H37N3O11S3.3Na/c1-5-20-8-9-21(29(20)28-19(2)23(17-33)30(36)35(31(28)37)18-27(35)48-46-44-39)10-13-26-32(3,4)24-16-22(47-45-43-38)11-12-25(24)34(26)14-6-7-15-49(40,41)42;;;/h5,10-13,16,19,23,27H,6-9,14-15,18H2,1-4H3,(H2-,38,39,40,41,42);;;/q;3*+1/p-2. The van der Waals surface area contributed by atoms with Crippen LogP contribution in [0.4, 0.5) is 5.69 Å². The van der Waals surface area contributed by atoms with E-state index in [0.717, 1.165) is 40.2 Å². The molecule has 0 saturated carbocycles. The zero-order chi connectivity index (χ0) is 35.7. The molecule has 4 unspecified atom stereocenters. The summed E-state index contributed by atoms with van der Waals surface area (Å²) in [5, 5.41) is 51.5. The molecule has 1 saturated heterocycles. The number of benzene rings is 1. The van der Waals surface area contributed by atoms with Gasteiger partial charge in [0, 0.05) is 46.3 Å². The molecule has 3 heterocycles. The Labute approximate surface area is 378 Å². The molecule has 1 fully saturated rings. The maximum atomic E-state index is 14.3. The van der Waals surface area contributed by atoms with Crippen LogP contribution in [0.5, 0.6) is 0 Å². The molecule has 0 bridgehead atoms. The van der Waals surface area contributed by atoms with Gasteiger partial charge in [-0.05, 0) is 68.9 Å². The second kappa shape index (κ2) is 20.0. The molecule has 0 radical (unpaired) electrons. The van der Waals surface area contributed by atoms with Gasteiger partial charge in [-0.2, -0.15) is 18.5 Å². The summed E-state index contributed by atoms with van der Waals surface area (Å²) >= 11 is 1.36. The van der Waals surface area contributed by atoms with Crippen LogP contribution >= 0.6 is 24.1 Å². The van der Waals surface area contributed by atoms with E-state index >= 15 is 0 Å². The first-order valence-electron chi connectivity index (χ1n) is 15.6. The fourth-order valence-corrected chi connectivity index (χ4v) is 8.92. The molecule has 52 heavy (non-hydrogen) atoms. The third kappa shape index (κ3) is 9.63. The number of allylic oxidation sites excluding steroid dienone is 7. The minimum absolute atomic E-state index is 0. The fourth-order valence-electron chi connectivity index (χ4n) is 7.21. The number of rotatable bonds is 14. The van der Waals surface area contributed by atoms with E-state index in [2.05, 4.69) is 29.4 Å². The third-order valence-electron chi connectivity index (χ3n) is 9.74. The van der Waals surface area contributed by atoms with E-state index in [1.807, 2.05) is 51.1 Å². The molecule has 0 aromatic heterocycles. The maximum Gasteiger partial charge on any atom is 1.00 e. The van der Waals surface area contributed by atoms with Crippen LogP contribution in [-0.2, 0) is 39.1 Å². The van der Waals surface area contributed by atoms with E-state index in [4.69, 9.17) is 0 Å². The molecular weight excluding hydrogens is 768 g/mol. The van der Waals surface area contributed by atoms with Crippen molar-refractivity contribution in [1.29, 1.82) is 5.26 Å². The molecule has 1 aliphatic carbocycles. The summed E-state index contributed by atoms with van der Waals surface area (Å²) in [5.74, 6) is -3.20. The third-order valence-corrected chi connectivity index (χ3v) is 12.0. The van der Waals surface area contributed by atoms with Crippen molar-refractivity contribution in [3.8, 4) is 6.07 Å². The van der Waals surface area contributed by atoms with Gasteiger partial charge in [-0.25, -0.2) is 17.7 Å². The summed E-state index contributed by atoms with van der Waals surface area (Å²) in [6, 6.07) is 7.63. The fraction of sp³-hybridized carbons (Fsp3) is 0.469. The molecule has 0 N–H and O–H groups in total. The Bertz CT molecular complexity index is 1840. The summed E-state index contributed by atoms with van der Waals surface area (Å²) in [6.07, 6.45) is 7.68. The zero-order valence-electron chi connectivity index (χ0n) is 30.2. The number of nitrogens with zero attached hydrogens (tertiary/aromatic N) is 3. The van der Waals surface area contributed by atoms with E-state index in [9.17, 15) is 38.6 Å². The minimum atomic E-state index is -4.36. The van der Waals surface area contributed by atoms with E-state index in [1.54, 1.807) is 13.0 Å². The number of carbonyl (C=O) groups is 1. The predicted octanol–water partition coefficient (Wildman–Crippen LogP) is -6.86. The number of amides is 1. The summed E-state index contributed by atoms with van der Waals surface area (Å²) < 4.78 is 44.2. The molecule has 5 rings (SSSR count). The first-order valence-corrected chi connectivity index (χ1v) is 18.7. The Balaban J connectivity index is 0.00000312. The van der Waals surface area contributed by atoms with E-state index < -0.39 is 54.8 Å². The topological polar surface area (TPSA) is 207 Å². The van der Waals surface area contributed by atoms with Crippen molar-refractivity contribution in [3.05, 3.63) is 70.2 Å². The summed E-state index contributed by atoms with van der Waals surface area (Å²) in [7, 11) is -4.36. The van der Waals surface area contributed by atoms with Crippen molar-refractivity contribution in [2.24, 2.45) is 11.8 Å². The maximum absolute atomic E-state index is 14.3. The Morgan fingerprint density at radius 3 is 2.42 bits per heavy atom. The number of unbranched alkanes of at least 4 members (excludes halogenated alkanes) is 1. The number of nitriles is 1. The summed E-state index contributed by atoms with van der Waals surface area (Å²) in [4.78, 5) is 14.1. The smallest absolute Gasteiger partial charge is 0.830 e. The largest absolute Gasteiger partial charge is 1.00 e.